The van der Waals surface area contributed by atoms with E-state index in [1.165, 1.54) is 10.5 Å². The van der Waals surface area contributed by atoms with Crippen LogP contribution in [0.1, 0.15) is 13.3 Å². The van der Waals surface area contributed by atoms with E-state index in [2.05, 4.69) is 4.98 Å². The standard InChI is InChI=1S/C14H16ClN3O2S/c1-9-6-8-18(14(9)16)21(19,20)12-4-2-3-11-10(12)5-7-17-13(11)15/h2-5,7,9,14H,6,8,16H2,1H3. The van der Waals surface area contributed by atoms with Crippen molar-refractivity contribution in [1.82, 2.24) is 9.29 Å². The molecule has 3 rings (SSSR count). The molecule has 0 spiro atoms. The van der Waals surface area contributed by atoms with E-state index >= 15 is 0 Å². The third-order valence-electron chi connectivity index (χ3n) is 4.02. The molecule has 1 saturated heterocycles. The van der Waals surface area contributed by atoms with Gasteiger partial charge in [0.2, 0.25) is 10.0 Å². The Balaban J connectivity index is 2.18. The number of pyridine rings is 1. The van der Waals surface area contributed by atoms with Gasteiger partial charge in [0.1, 0.15) is 5.15 Å². The summed E-state index contributed by atoms with van der Waals surface area (Å²) in [5.74, 6) is 0.153. The smallest absolute Gasteiger partial charge is 0.245 e. The highest BCUT2D eigenvalue weighted by atomic mass is 35.5. The van der Waals surface area contributed by atoms with Gasteiger partial charge in [-0.05, 0) is 24.5 Å². The summed E-state index contributed by atoms with van der Waals surface area (Å²) >= 11 is 6.05. The summed E-state index contributed by atoms with van der Waals surface area (Å²) in [7, 11) is -3.64. The maximum absolute atomic E-state index is 12.9. The highest BCUT2D eigenvalue weighted by Crippen LogP contribution is 2.32. The molecule has 1 aromatic carbocycles. The molecule has 0 aliphatic carbocycles. The number of rotatable bonds is 2. The van der Waals surface area contributed by atoms with Crippen molar-refractivity contribution in [3.05, 3.63) is 35.6 Å². The Labute approximate surface area is 128 Å². The molecule has 2 atom stereocenters. The Hall–Kier alpha value is -1.21. The molecule has 2 aromatic rings. The van der Waals surface area contributed by atoms with E-state index in [9.17, 15) is 8.42 Å². The van der Waals surface area contributed by atoms with Gasteiger partial charge in [0.15, 0.2) is 0 Å². The number of hydrogen-bond donors (Lipinski definition) is 1. The predicted molar refractivity (Wildman–Crippen MR) is 82.4 cm³/mol. The number of aromatic nitrogens is 1. The molecule has 0 amide bonds. The summed E-state index contributed by atoms with van der Waals surface area (Å²) in [6, 6.07) is 6.69. The fourth-order valence-corrected chi connectivity index (χ4v) is 4.76. The third kappa shape index (κ3) is 2.32. The van der Waals surface area contributed by atoms with Gasteiger partial charge in [0.05, 0.1) is 11.1 Å². The molecule has 1 aliphatic rings. The average Bonchev–Trinajstić information content (AvgIpc) is 2.79. The highest BCUT2D eigenvalue weighted by Gasteiger charge is 2.38. The Bertz CT molecular complexity index is 794. The van der Waals surface area contributed by atoms with Crippen LogP contribution in [-0.2, 0) is 10.0 Å². The monoisotopic (exact) mass is 325 g/mol. The topological polar surface area (TPSA) is 76.3 Å². The van der Waals surface area contributed by atoms with Crippen molar-refractivity contribution in [3.8, 4) is 0 Å². The number of nitrogens with two attached hydrogens (primary N) is 1. The minimum absolute atomic E-state index is 0.153. The van der Waals surface area contributed by atoms with E-state index in [4.69, 9.17) is 17.3 Å². The van der Waals surface area contributed by atoms with Gasteiger partial charge in [0.25, 0.3) is 0 Å². The van der Waals surface area contributed by atoms with Gasteiger partial charge in [-0.25, -0.2) is 13.4 Å². The molecule has 2 N–H and O–H groups in total. The van der Waals surface area contributed by atoms with Crippen LogP contribution in [0, 0.1) is 5.92 Å². The molecule has 0 radical (unpaired) electrons. The van der Waals surface area contributed by atoms with Gasteiger partial charge < -0.3 is 5.73 Å². The molecular weight excluding hydrogens is 310 g/mol. The van der Waals surface area contributed by atoms with Crippen LogP contribution in [-0.4, -0.2) is 30.4 Å². The van der Waals surface area contributed by atoms with Gasteiger partial charge in [-0.1, -0.05) is 30.7 Å². The second-order valence-electron chi connectivity index (χ2n) is 5.33. The van der Waals surface area contributed by atoms with E-state index in [1.54, 1.807) is 24.3 Å². The molecule has 112 valence electrons. The van der Waals surface area contributed by atoms with E-state index in [-0.39, 0.29) is 10.8 Å². The molecule has 1 fully saturated rings. The van der Waals surface area contributed by atoms with Crippen molar-refractivity contribution in [2.45, 2.75) is 24.4 Å². The number of nitrogens with zero attached hydrogens (tertiary/aromatic N) is 2. The first-order valence-corrected chi connectivity index (χ1v) is 8.55. The predicted octanol–water partition coefficient (Wildman–Crippen LogP) is 2.20. The van der Waals surface area contributed by atoms with Crippen molar-refractivity contribution in [2.75, 3.05) is 6.54 Å². The van der Waals surface area contributed by atoms with Crippen LogP contribution >= 0.6 is 11.6 Å². The van der Waals surface area contributed by atoms with Crippen molar-refractivity contribution in [3.63, 3.8) is 0 Å². The maximum atomic E-state index is 12.9. The van der Waals surface area contributed by atoms with Crippen LogP contribution in [0.4, 0.5) is 0 Å². The quantitative estimate of drug-likeness (QED) is 0.859. The minimum Gasteiger partial charge on any atom is -0.315 e. The number of halogens is 1. The molecule has 1 aromatic heterocycles. The Morgan fingerprint density at radius 2 is 2.10 bits per heavy atom. The molecule has 7 heteroatoms. The maximum Gasteiger partial charge on any atom is 0.245 e. The van der Waals surface area contributed by atoms with Crippen LogP contribution in [0.5, 0.6) is 0 Å². The van der Waals surface area contributed by atoms with Gasteiger partial charge >= 0.3 is 0 Å². The van der Waals surface area contributed by atoms with E-state index in [0.29, 0.717) is 22.5 Å². The molecule has 2 unspecified atom stereocenters. The highest BCUT2D eigenvalue weighted by molar-refractivity contribution is 7.89. The lowest BCUT2D eigenvalue weighted by Gasteiger charge is -2.23. The van der Waals surface area contributed by atoms with Crippen molar-refractivity contribution < 1.29 is 8.42 Å². The molecule has 0 saturated carbocycles. The van der Waals surface area contributed by atoms with E-state index < -0.39 is 16.2 Å². The minimum atomic E-state index is -3.64. The zero-order valence-electron chi connectivity index (χ0n) is 11.5. The lowest BCUT2D eigenvalue weighted by molar-refractivity contribution is 0.357. The number of fused-ring (bicyclic) bond motifs is 1. The van der Waals surface area contributed by atoms with Crippen LogP contribution in [0.15, 0.2) is 35.4 Å². The molecule has 0 bridgehead atoms. The first kappa shape index (κ1) is 14.7. The Kier molecular flexibility index (Phi) is 3.65. The average molecular weight is 326 g/mol. The molecule has 2 heterocycles. The first-order chi connectivity index (χ1) is 9.93. The van der Waals surface area contributed by atoms with Crippen LogP contribution in [0.2, 0.25) is 5.15 Å². The number of benzene rings is 1. The van der Waals surface area contributed by atoms with Crippen molar-refractivity contribution >= 4 is 32.4 Å². The summed E-state index contributed by atoms with van der Waals surface area (Å²) < 4.78 is 27.2. The molecule has 5 nitrogen and oxygen atoms in total. The second kappa shape index (κ2) is 5.21. The van der Waals surface area contributed by atoms with Crippen LogP contribution in [0.3, 0.4) is 0 Å². The third-order valence-corrected chi connectivity index (χ3v) is 6.28. The summed E-state index contributed by atoms with van der Waals surface area (Å²) in [6.07, 6.45) is 1.80. The molecular formula is C14H16ClN3O2S. The molecule has 1 aliphatic heterocycles. The number of hydrogen-bond acceptors (Lipinski definition) is 4. The van der Waals surface area contributed by atoms with Gasteiger partial charge in [-0.2, -0.15) is 4.31 Å². The van der Waals surface area contributed by atoms with E-state index in [1.807, 2.05) is 6.92 Å². The summed E-state index contributed by atoms with van der Waals surface area (Å²) in [4.78, 5) is 4.22. The first-order valence-electron chi connectivity index (χ1n) is 6.73. The Morgan fingerprint density at radius 3 is 2.76 bits per heavy atom. The van der Waals surface area contributed by atoms with E-state index in [0.717, 1.165) is 6.42 Å². The van der Waals surface area contributed by atoms with Gasteiger partial charge in [0, 0.05) is 23.5 Å². The van der Waals surface area contributed by atoms with Crippen LogP contribution in [0.25, 0.3) is 10.8 Å². The lowest BCUT2D eigenvalue weighted by atomic mass is 10.1. The summed E-state index contributed by atoms with van der Waals surface area (Å²) in [5.41, 5.74) is 6.03. The Morgan fingerprint density at radius 1 is 1.33 bits per heavy atom. The SMILES string of the molecule is CC1CCN(S(=O)(=O)c2cccc3c(Cl)nccc23)C1N. The molecule has 21 heavy (non-hydrogen) atoms. The van der Waals surface area contributed by atoms with Gasteiger partial charge in [-0.15, -0.1) is 0 Å². The van der Waals surface area contributed by atoms with Crippen LogP contribution < -0.4 is 5.73 Å². The van der Waals surface area contributed by atoms with Gasteiger partial charge in [-0.3, -0.25) is 0 Å². The normalized spacial score (nSPS) is 23.8. The number of sulfonamides is 1. The fraction of sp³-hybridized carbons (Fsp3) is 0.357. The van der Waals surface area contributed by atoms with Crippen molar-refractivity contribution in [1.29, 1.82) is 0 Å². The van der Waals surface area contributed by atoms with Crippen molar-refractivity contribution in [2.24, 2.45) is 11.7 Å². The fourth-order valence-electron chi connectivity index (χ4n) is 2.71. The zero-order valence-corrected chi connectivity index (χ0v) is 13.1. The summed E-state index contributed by atoms with van der Waals surface area (Å²) in [6.45, 7) is 2.41. The second-order valence-corrected chi connectivity index (χ2v) is 7.54. The lowest BCUT2D eigenvalue weighted by Crippen LogP contribution is -2.43. The largest absolute Gasteiger partial charge is 0.315 e. The zero-order chi connectivity index (χ0) is 15.2. The summed E-state index contributed by atoms with van der Waals surface area (Å²) in [5, 5.41) is 1.49.